The van der Waals surface area contributed by atoms with Crippen LogP contribution in [-0.2, 0) is 4.79 Å². The van der Waals surface area contributed by atoms with E-state index < -0.39 is 0 Å². The van der Waals surface area contributed by atoms with E-state index in [-0.39, 0.29) is 17.5 Å². The summed E-state index contributed by atoms with van der Waals surface area (Å²) in [6.07, 6.45) is 2.92. The van der Waals surface area contributed by atoms with Gasteiger partial charge in [-0.25, -0.2) is 9.97 Å². The van der Waals surface area contributed by atoms with E-state index in [1.165, 1.54) is 19.3 Å². The summed E-state index contributed by atoms with van der Waals surface area (Å²) in [4.78, 5) is 31.9. The van der Waals surface area contributed by atoms with Crippen LogP contribution in [0.15, 0.2) is 60.9 Å². The summed E-state index contributed by atoms with van der Waals surface area (Å²) >= 11 is 0. The van der Waals surface area contributed by atoms with Gasteiger partial charge in [0.05, 0.1) is 12.4 Å². The molecule has 0 saturated heterocycles. The fourth-order valence-electron chi connectivity index (χ4n) is 2.43. The third-order valence-corrected chi connectivity index (χ3v) is 3.73. The Bertz CT molecular complexity index is 970. The van der Waals surface area contributed by atoms with Crippen LogP contribution in [0.25, 0.3) is 0 Å². The molecule has 0 atom stereocenters. The first-order valence-electron chi connectivity index (χ1n) is 8.35. The summed E-state index contributed by atoms with van der Waals surface area (Å²) in [5.41, 5.74) is 3.36. The van der Waals surface area contributed by atoms with Gasteiger partial charge in [-0.3, -0.25) is 9.59 Å². The number of aryl methyl sites for hydroxylation is 1. The van der Waals surface area contributed by atoms with Crippen LogP contribution in [0.3, 0.4) is 0 Å². The van der Waals surface area contributed by atoms with Gasteiger partial charge in [-0.2, -0.15) is 0 Å². The largest absolute Gasteiger partial charge is 0.339 e. The number of amides is 2. The molecule has 0 aliphatic carbocycles. The molecule has 27 heavy (non-hydrogen) atoms. The molecule has 0 spiro atoms. The Hall–Kier alpha value is -3.74. The Labute approximate surface area is 156 Å². The van der Waals surface area contributed by atoms with Gasteiger partial charge in [-0.1, -0.05) is 24.3 Å². The van der Waals surface area contributed by atoms with Crippen molar-refractivity contribution in [2.24, 2.45) is 0 Å². The van der Waals surface area contributed by atoms with Gasteiger partial charge in [-0.05, 0) is 36.8 Å². The summed E-state index contributed by atoms with van der Waals surface area (Å²) in [6, 6.07) is 14.7. The van der Waals surface area contributed by atoms with Crippen molar-refractivity contribution in [3.8, 4) is 0 Å². The number of carbonyl (C=O) groups is 2. The first-order valence-corrected chi connectivity index (χ1v) is 8.35. The predicted octanol–water partition coefficient (Wildman–Crippen LogP) is 3.74. The molecule has 7 nitrogen and oxygen atoms in total. The van der Waals surface area contributed by atoms with Crippen LogP contribution in [0.4, 0.5) is 22.9 Å². The van der Waals surface area contributed by atoms with Gasteiger partial charge in [-0.15, -0.1) is 0 Å². The summed E-state index contributed by atoms with van der Waals surface area (Å²) < 4.78 is 0. The van der Waals surface area contributed by atoms with Crippen LogP contribution in [-0.4, -0.2) is 21.8 Å². The molecule has 136 valence electrons. The maximum Gasteiger partial charge on any atom is 0.275 e. The fraction of sp³-hybridized carbons (Fsp3) is 0.100. The van der Waals surface area contributed by atoms with Gasteiger partial charge in [0.1, 0.15) is 11.5 Å². The summed E-state index contributed by atoms with van der Waals surface area (Å²) in [5, 5.41) is 8.57. The van der Waals surface area contributed by atoms with Crippen LogP contribution in [0, 0.1) is 6.92 Å². The molecule has 3 aromatic rings. The first kappa shape index (κ1) is 18.1. The quantitative estimate of drug-likeness (QED) is 0.643. The molecule has 0 bridgehead atoms. The van der Waals surface area contributed by atoms with Crippen LogP contribution >= 0.6 is 0 Å². The molecule has 3 N–H and O–H groups in total. The Morgan fingerprint density at radius 1 is 0.889 bits per heavy atom. The van der Waals surface area contributed by atoms with Gasteiger partial charge < -0.3 is 16.0 Å². The van der Waals surface area contributed by atoms with E-state index >= 15 is 0 Å². The number of nitrogens with zero attached hydrogens (tertiary/aromatic N) is 2. The zero-order valence-corrected chi connectivity index (χ0v) is 15.0. The van der Waals surface area contributed by atoms with Crippen LogP contribution in [0.5, 0.6) is 0 Å². The normalized spacial score (nSPS) is 10.1. The molecule has 0 aliphatic heterocycles. The second-order valence-corrected chi connectivity index (χ2v) is 5.94. The van der Waals surface area contributed by atoms with Crippen LogP contribution in [0.1, 0.15) is 23.0 Å². The second kappa shape index (κ2) is 8.09. The van der Waals surface area contributed by atoms with E-state index in [0.717, 1.165) is 11.3 Å². The predicted molar refractivity (Wildman–Crippen MR) is 105 cm³/mol. The Balaban J connectivity index is 1.67. The average molecular weight is 361 g/mol. The van der Waals surface area contributed by atoms with E-state index in [9.17, 15) is 9.59 Å². The number of aromatic nitrogens is 2. The zero-order chi connectivity index (χ0) is 19.2. The Morgan fingerprint density at radius 2 is 1.63 bits per heavy atom. The van der Waals surface area contributed by atoms with Crippen molar-refractivity contribution < 1.29 is 9.59 Å². The lowest BCUT2D eigenvalue weighted by Gasteiger charge is -2.09. The van der Waals surface area contributed by atoms with E-state index in [4.69, 9.17) is 0 Å². The molecule has 1 heterocycles. The molecule has 2 amide bonds. The number of benzene rings is 2. The molecule has 1 aromatic heterocycles. The minimum atomic E-state index is -0.384. The highest BCUT2D eigenvalue weighted by Gasteiger charge is 2.09. The minimum Gasteiger partial charge on any atom is -0.339 e. The van der Waals surface area contributed by atoms with Gasteiger partial charge >= 0.3 is 0 Å². The van der Waals surface area contributed by atoms with Crippen molar-refractivity contribution in [3.05, 3.63) is 72.2 Å². The molecular weight excluding hydrogens is 342 g/mol. The number of hydrogen-bond acceptors (Lipinski definition) is 5. The van der Waals surface area contributed by atoms with Crippen molar-refractivity contribution in [2.45, 2.75) is 13.8 Å². The summed E-state index contributed by atoms with van der Waals surface area (Å²) in [7, 11) is 0. The lowest BCUT2D eigenvalue weighted by molar-refractivity contribution is -0.114. The van der Waals surface area contributed by atoms with Crippen molar-refractivity contribution in [3.63, 3.8) is 0 Å². The highest BCUT2D eigenvalue weighted by atomic mass is 16.2. The molecule has 2 aromatic carbocycles. The van der Waals surface area contributed by atoms with Gasteiger partial charge in [0.25, 0.3) is 5.91 Å². The molecule has 0 aliphatic rings. The lowest BCUT2D eigenvalue weighted by atomic mass is 10.2. The maximum atomic E-state index is 12.3. The first-order chi connectivity index (χ1) is 13.0. The highest BCUT2D eigenvalue weighted by molar-refractivity contribution is 6.03. The van der Waals surface area contributed by atoms with E-state index in [2.05, 4.69) is 25.9 Å². The van der Waals surface area contributed by atoms with Crippen molar-refractivity contribution in [2.75, 3.05) is 16.0 Å². The van der Waals surface area contributed by atoms with E-state index in [0.29, 0.717) is 17.2 Å². The molecule has 0 fully saturated rings. The van der Waals surface area contributed by atoms with Crippen molar-refractivity contribution in [1.29, 1.82) is 0 Å². The van der Waals surface area contributed by atoms with Crippen LogP contribution < -0.4 is 16.0 Å². The maximum absolute atomic E-state index is 12.3. The smallest absolute Gasteiger partial charge is 0.275 e. The molecule has 0 saturated carbocycles. The number of anilines is 4. The number of carbonyl (C=O) groups excluding carboxylic acids is 2. The third-order valence-electron chi connectivity index (χ3n) is 3.73. The second-order valence-electron chi connectivity index (χ2n) is 5.94. The van der Waals surface area contributed by atoms with Crippen LogP contribution in [0.2, 0.25) is 0 Å². The third kappa shape index (κ3) is 4.88. The minimum absolute atomic E-state index is 0.180. The summed E-state index contributed by atoms with van der Waals surface area (Å²) in [6.45, 7) is 3.42. The zero-order valence-electron chi connectivity index (χ0n) is 15.0. The standard InChI is InChI=1S/C20H19N5O2/c1-13-6-3-4-9-17(13)25-19-12-21-18(11-22-19)20(27)24-16-8-5-7-15(10-16)23-14(2)26/h3-12H,1-2H3,(H,22,25)(H,23,26)(H,24,27). The van der Waals surface area contributed by atoms with Gasteiger partial charge in [0.2, 0.25) is 5.91 Å². The van der Waals surface area contributed by atoms with E-state index in [1.54, 1.807) is 24.3 Å². The number of hydrogen-bond donors (Lipinski definition) is 3. The molecule has 0 radical (unpaired) electrons. The topological polar surface area (TPSA) is 96.0 Å². The van der Waals surface area contributed by atoms with E-state index in [1.807, 2.05) is 31.2 Å². The molecular formula is C20H19N5O2. The SMILES string of the molecule is CC(=O)Nc1cccc(NC(=O)c2cnc(Nc3ccccc3C)cn2)c1. The van der Waals surface area contributed by atoms with Gasteiger partial charge in [0, 0.05) is 24.0 Å². The van der Waals surface area contributed by atoms with Crippen molar-refractivity contribution in [1.82, 2.24) is 9.97 Å². The molecule has 7 heteroatoms. The summed E-state index contributed by atoms with van der Waals surface area (Å²) in [5.74, 6) is -0.0143. The lowest BCUT2D eigenvalue weighted by Crippen LogP contribution is -2.14. The monoisotopic (exact) mass is 361 g/mol. The highest BCUT2D eigenvalue weighted by Crippen LogP contribution is 2.18. The Kier molecular flexibility index (Phi) is 5.41. The van der Waals surface area contributed by atoms with Gasteiger partial charge in [0.15, 0.2) is 0 Å². The Morgan fingerprint density at radius 3 is 2.30 bits per heavy atom. The number of para-hydroxylation sites is 1. The molecule has 3 rings (SSSR count). The number of rotatable bonds is 5. The number of nitrogens with one attached hydrogen (secondary N) is 3. The average Bonchev–Trinajstić information content (AvgIpc) is 2.64. The fourth-order valence-corrected chi connectivity index (χ4v) is 2.43. The molecule has 0 unspecified atom stereocenters. The van der Waals surface area contributed by atoms with Crippen molar-refractivity contribution >= 4 is 34.7 Å².